The lowest BCUT2D eigenvalue weighted by molar-refractivity contribution is -0.138. The van der Waals surface area contributed by atoms with Gasteiger partial charge in [0.15, 0.2) is 5.82 Å². The molecule has 7 nitrogen and oxygen atoms in total. The van der Waals surface area contributed by atoms with Gasteiger partial charge in [0.25, 0.3) is 0 Å². The molecular formula is C24H26F3N3O4. The highest BCUT2D eigenvalue weighted by Gasteiger charge is 2.30. The molecule has 1 aromatic carbocycles. The molecular weight excluding hydrogens is 451 g/mol. The Labute approximate surface area is 195 Å². The standard InChI is InChI=1S/C24H26F3N3O4/c1-3-5-20-16(15-30(29-20)22-10-7-18(14-28-22)24(25,26)27)6-4-11-34-19-8-9-21(33-2)17(12-19)13-23(31)32/h7-10,12,14-15H,3-6,11,13H2,1-2H3,(H,31,32). The zero-order valence-electron chi connectivity index (χ0n) is 18.9. The van der Waals surface area contributed by atoms with Crippen molar-refractivity contribution < 1.29 is 32.5 Å². The van der Waals surface area contributed by atoms with E-state index in [1.807, 2.05) is 6.92 Å². The van der Waals surface area contributed by atoms with Gasteiger partial charge >= 0.3 is 12.1 Å². The molecule has 3 aromatic rings. The molecule has 1 N–H and O–H groups in total. The smallest absolute Gasteiger partial charge is 0.417 e. The number of hydrogen-bond acceptors (Lipinski definition) is 5. The Morgan fingerprint density at radius 1 is 1.15 bits per heavy atom. The average molecular weight is 477 g/mol. The fraction of sp³-hybridized carbons (Fsp3) is 0.375. The summed E-state index contributed by atoms with van der Waals surface area (Å²) in [5.74, 6) is 0.397. The maximum Gasteiger partial charge on any atom is 0.417 e. The number of methoxy groups -OCH3 is 1. The second kappa shape index (κ2) is 11.0. The van der Waals surface area contributed by atoms with Crippen LogP contribution in [0.1, 0.15) is 42.1 Å². The number of nitrogens with zero attached hydrogens (tertiary/aromatic N) is 3. The third kappa shape index (κ3) is 6.49. The van der Waals surface area contributed by atoms with Crippen LogP contribution in [-0.2, 0) is 30.2 Å². The number of aryl methyl sites for hydroxylation is 2. The average Bonchev–Trinajstić information content (AvgIpc) is 3.19. The van der Waals surface area contributed by atoms with Gasteiger partial charge in [-0.3, -0.25) is 4.79 Å². The fourth-order valence-electron chi connectivity index (χ4n) is 3.51. The molecule has 0 amide bonds. The van der Waals surface area contributed by atoms with Crippen LogP contribution in [-0.4, -0.2) is 39.6 Å². The number of halogens is 3. The summed E-state index contributed by atoms with van der Waals surface area (Å²) >= 11 is 0. The Morgan fingerprint density at radius 3 is 2.56 bits per heavy atom. The summed E-state index contributed by atoms with van der Waals surface area (Å²) < 4.78 is 50.9. The Morgan fingerprint density at radius 2 is 1.94 bits per heavy atom. The molecule has 0 aliphatic carbocycles. The highest BCUT2D eigenvalue weighted by Crippen LogP contribution is 2.29. The van der Waals surface area contributed by atoms with E-state index in [1.54, 1.807) is 24.4 Å². The minimum absolute atomic E-state index is 0.169. The minimum Gasteiger partial charge on any atom is -0.496 e. The van der Waals surface area contributed by atoms with Gasteiger partial charge in [-0.25, -0.2) is 9.67 Å². The molecule has 0 aliphatic heterocycles. The molecule has 182 valence electrons. The van der Waals surface area contributed by atoms with Gasteiger partial charge in [-0.15, -0.1) is 0 Å². The Bertz CT molecular complexity index is 1110. The molecule has 0 saturated carbocycles. The van der Waals surface area contributed by atoms with Gasteiger partial charge < -0.3 is 14.6 Å². The minimum atomic E-state index is -4.44. The van der Waals surface area contributed by atoms with Crippen LogP contribution in [0.4, 0.5) is 13.2 Å². The van der Waals surface area contributed by atoms with Crippen LogP contribution < -0.4 is 9.47 Å². The first kappa shape index (κ1) is 25.1. The summed E-state index contributed by atoms with van der Waals surface area (Å²) in [5.41, 5.74) is 1.58. The maximum atomic E-state index is 12.8. The number of carboxylic acid groups (broad SMARTS) is 1. The quantitative estimate of drug-likeness (QED) is 0.396. The number of alkyl halides is 3. The van der Waals surface area contributed by atoms with E-state index in [-0.39, 0.29) is 6.42 Å². The van der Waals surface area contributed by atoms with Crippen LogP contribution in [0.2, 0.25) is 0 Å². The maximum absolute atomic E-state index is 12.8. The highest BCUT2D eigenvalue weighted by molar-refractivity contribution is 5.71. The topological polar surface area (TPSA) is 86.5 Å². The van der Waals surface area contributed by atoms with Gasteiger partial charge in [-0.2, -0.15) is 18.3 Å². The Balaban J connectivity index is 1.64. The molecule has 10 heteroatoms. The van der Waals surface area contributed by atoms with E-state index >= 15 is 0 Å². The number of aromatic nitrogens is 3. The zero-order valence-corrected chi connectivity index (χ0v) is 18.9. The number of pyridine rings is 1. The second-order valence-corrected chi connectivity index (χ2v) is 7.69. The zero-order chi connectivity index (χ0) is 24.7. The van der Waals surface area contributed by atoms with E-state index < -0.39 is 17.7 Å². The molecule has 0 fully saturated rings. The van der Waals surface area contributed by atoms with Gasteiger partial charge in [-0.05, 0) is 55.2 Å². The van der Waals surface area contributed by atoms with Crippen LogP contribution in [0, 0.1) is 0 Å². The van der Waals surface area contributed by atoms with Crippen LogP contribution in [0.5, 0.6) is 11.5 Å². The van der Waals surface area contributed by atoms with Gasteiger partial charge in [0.1, 0.15) is 11.5 Å². The van der Waals surface area contributed by atoms with Crippen LogP contribution in [0.15, 0.2) is 42.7 Å². The number of hydrogen-bond donors (Lipinski definition) is 1. The molecule has 2 aromatic heterocycles. The Kier molecular flexibility index (Phi) is 8.14. The van der Waals surface area contributed by atoms with E-state index in [0.29, 0.717) is 42.3 Å². The molecule has 0 saturated heterocycles. The number of benzene rings is 1. The predicted molar refractivity (Wildman–Crippen MR) is 119 cm³/mol. The highest BCUT2D eigenvalue weighted by atomic mass is 19.4. The largest absolute Gasteiger partial charge is 0.496 e. The summed E-state index contributed by atoms with van der Waals surface area (Å²) in [6.45, 7) is 2.43. The normalized spacial score (nSPS) is 11.4. The van der Waals surface area contributed by atoms with Gasteiger partial charge in [-0.1, -0.05) is 13.3 Å². The third-order valence-corrected chi connectivity index (χ3v) is 5.13. The molecule has 0 atom stereocenters. The number of carboxylic acids is 1. The van der Waals surface area contributed by atoms with Crippen molar-refractivity contribution in [3.8, 4) is 17.3 Å². The summed E-state index contributed by atoms with van der Waals surface area (Å²) in [5, 5.41) is 13.6. The lowest BCUT2D eigenvalue weighted by Crippen LogP contribution is -2.07. The van der Waals surface area contributed by atoms with Crippen molar-refractivity contribution >= 4 is 5.97 Å². The number of ether oxygens (including phenoxy) is 2. The molecule has 0 bridgehead atoms. The van der Waals surface area contributed by atoms with Gasteiger partial charge in [0.05, 0.1) is 31.4 Å². The first-order valence-corrected chi connectivity index (χ1v) is 10.8. The number of carbonyl (C=O) groups is 1. The second-order valence-electron chi connectivity index (χ2n) is 7.69. The van der Waals surface area contributed by atoms with Crippen LogP contribution in [0.25, 0.3) is 5.82 Å². The van der Waals surface area contributed by atoms with Crippen molar-refractivity contribution in [2.45, 2.75) is 45.2 Å². The molecule has 0 radical (unpaired) electrons. The van der Waals surface area contributed by atoms with Crippen molar-refractivity contribution in [2.75, 3.05) is 13.7 Å². The summed E-state index contributed by atoms with van der Waals surface area (Å²) in [6.07, 6.45) is 0.929. The molecule has 2 heterocycles. The summed E-state index contributed by atoms with van der Waals surface area (Å²) in [7, 11) is 1.48. The molecule has 0 unspecified atom stereocenters. The van der Waals surface area contributed by atoms with Crippen molar-refractivity contribution in [3.05, 3.63) is 65.1 Å². The van der Waals surface area contributed by atoms with Crippen molar-refractivity contribution in [1.29, 1.82) is 0 Å². The summed E-state index contributed by atoms with van der Waals surface area (Å²) in [4.78, 5) is 15.0. The van der Waals surface area contributed by atoms with Crippen LogP contribution in [0.3, 0.4) is 0 Å². The van der Waals surface area contributed by atoms with E-state index in [9.17, 15) is 18.0 Å². The summed E-state index contributed by atoms with van der Waals surface area (Å²) in [6, 6.07) is 7.35. The number of rotatable bonds is 11. The third-order valence-electron chi connectivity index (χ3n) is 5.13. The van der Waals surface area contributed by atoms with Crippen molar-refractivity contribution in [2.24, 2.45) is 0 Å². The first-order valence-electron chi connectivity index (χ1n) is 10.8. The molecule has 34 heavy (non-hydrogen) atoms. The molecule has 0 aliphatic rings. The molecule has 3 rings (SSSR count). The SMILES string of the molecule is CCCc1nn(-c2ccc(C(F)(F)F)cn2)cc1CCCOc1ccc(OC)c(CC(=O)O)c1. The lowest BCUT2D eigenvalue weighted by atomic mass is 10.1. The fourth-order valence-corrected chi connectivity index (χ4v) is 3.51. The van der Waals surface area contributed by atoms with E-state index in [4.69, 9.17) is 14.6 Å². The number of aliphatic carboxylic acids is 1. The van der Waals surface area contributed by atoms with E-state index in [1.165, 1.54) is 17.9 Å². The van der Waals surface area contributed by atoms with Crippen molar-refractivity contribution in [3.63, 3.8) is 0 Å². The van der Waals surface area contributed by atoms with E-state index in [2.05, 4.69) is 10.1 Å². The lowest BCUT2D eigenvalue weighted by Gasteiger charge is -2.11. The van der Waals surface area contributed by atoms with Gasteiger partial charge in [0.2, 0.25) is 0 Å². The molecule has 0 spiro atoms. The van der Waals surface area contributed by atoms with Crippen molar-refractivity contribution in [1.82, 2.24) is 14.8 Å². The Hall–Kier alpha value is -3.56. The first-order chi connectivity index (χ1) is 16.2. The van der Waals surface area contributed by atoms with Gasteiger partial charge in [0, 0.05) is 18.0 Å². The predicted octanol–water partition coefficient (Wildman–Crippen LogP) is 4.89. The van der Waals surface area contributed by atoms with E-state index in [0.717, 1.165) is 36.4 Å². The van der Waals surface area contributed by atoms with Crippen LogP contribution >= 0.6 is 0 Å². The monoisotopic (exact) mass is 477 g/mol.